The highest BCUT2D eigenvalue weighted by molar-refractivity contribution is 9.11. The van der Waals surface area contributed by atoms with E-state index in [0.29, 0.717) is 6.04 Å². The lowest BCUT2D eigenvalue weighted by molar-refractivity contribution is 0.309. The van der Waals surface area contributed by atoms with Gasteiger partial charge in [0.15, 0.2) is 0 Å². The van der Waals surface area contributed by atoms with Crippen molar-refractivity contribution in [1.29, 1.82) is 0 Å². The maximum absolute atomic E-state index is 3.54. The summed E-state index contributed by atoms with van der Waals surface area (Å²) in [5.41, 5.74) is 1.19. The van der Waals surface area contributed by atoms with Crippen LogP contribution in [0.5, 0.6) is 0 Å². The van der Waals surface area contributed by atoms with Crippen molar-refractivity contribution in [1.82, 2.24) is 0 Å². The molecular weight excluding hydrogens is 306 g/mol. The van der Waals surface area contributed by atoms with Crippen LogP contribution in [0.4, 0.5) is 5.69 Å². The normalized spacial score (nSPS) is 25.6. The summed E-state index contributed by atoms with van der Waals surface area (Å²) in [5, 5.41) is 3.54. The molecule has 0 aliphatic heterocycles. The van der Waals surface area contributed by atoms with E-state index in [9.17, 15) is 0 Å². The van der Waals surface area contributed by atoms with Crippen LogP contribution in [-0.4, -0.2) is 6.04 Å². The van der Waals surface area contributed by atoms with Gasteiger partial charge in [0, 0.05) is 20.7 Å². The molecule has 0 spiro atoms. The van der Waals surface area contributed by atoms with Gasteiger partial charge in [-0.25, -0.2) is 0 Å². The first-order chi connectivity index (χ1) is 6.65. The van der Waals surface area contributed by atoms with Crippen LogP contribution >= 0.6 is 31.9 Å². The molecule has 1 saturated carbocycles. The van der Waals surface area contributed by atoms with Crippen LogP contribution in [0.15, 0.2) is 27.1 Å². The summed E-state index contributed by atoms with van der Waals surface area (Å²) in [6.45, 7) is 2.30. The van der Waals surface area contributed by atoms with Gasteiger partial charge in [0.25, 0.3) is 0 Å². The molecule has 0 radical (unpaired) electrons. The van der Waals surface area contributed by atoms with Crippen LogP contribution in [-0.2, 0) is 0 Å². The Morgan fingerprint density at radius 1 is 1.29 bits per heavy atom. The van der Waals surface area contributed by atoms with E-state index in [1.807, 2.05) is 6.07 Å². The molecule has 1 aliphatic rings. The van der Waals surface area contributed by atoms with Crippen molar-refractivity contribution < 1.29 is 0 Å². The molecule has 1 aromatic rings. The molecule has 1 aromatic carbocycles. The highest BCUT2D eigenvalue weighted by Gasteiger charge is 2.25. The Balaban J connectivity index is 2.05. The largest absolute Gasteiger partial charge is 0.381 e. The topological polar surface area (TPSA) is 12.0 Å². The monoisotopic (exact) mass is 317 g/mol. The fourth-order valence-electron chi connectivity index (χ4n) is 1.85. The first kappa shape index (κ1) is 10.5. The second kappa shape index (κ2) is 4.23. The highest BCUT2D eigenvalue weighted by Crippen LogP contribution is 2.33. The molecule has 1 nitrogen and oxygen atoms in total. The summed E-state index contributed by atoms with van der Waals surface area (Å²) < 4.78 is 2.26. The lowest BCUT2D eigenvalue weighted by atomic mass is 9.82. The minimum Gasteiger partial charge on any atom is -0.381 e. The Labute approximate surface area is 102 Å². The van der Waals surface area contributed by atoms with Crippen molar-refractivity contribution in [2.24, 2.45) is 5.92 Å². The minimum absolute atomic E-state index is 0.663. The van der Waals surface area contributed by atoms with Gasteiger partial charge in [0.1, 0.15) is 0 Å². The molecule has 3 heteroatoms. The molecule has 1 N–H and O–H groups in total. The zero-order valence-electron chi connectivity index (χ0n) is 8.06. The van der Waals surface area contributed by atoms with E-state index in [1.54, 1.807) is 0 Å². The maximum Gasteiger partial charge on any atom is 0.0498 e. The summed E-state index contributed by atoms with van der Waals surface area (Å²) in [5.74, 6) is 0.887. The van der Waals surface area contributed by atoms with Crippen LogP contribution in [0.3, 0.4) is 0 Å². The Kier molecular flexibility index (Phi) is 3.17. The van der Waals surface area contributed by atoms with Gasteiger partial charge in [0.05, 0.1) is 0 Å². The van der Waals surface area contributed by atoms with Gasteiger partial charge in [-0.3, -0.25) is 0 Å². The first-order valence-corrected chi connectivity index (χ1v) is 6.45. The van der Waals surface area contributed by atoms with Gasteiger partial charge in [-0.05, 0) is 52.9 Å². The molecule has 14 heavy (non-hydrogen) atoms. The van der Waals surface area contributed by atoms with Crippen molar-refractivity contribution in [2.45, 2.75) is 25.8 Å². The number of halogens is 2. The molecule has 0 unspecified atom stereocenters. The average Bonchev–Trinajstić information content (AvgIpc) is 2.09. The summed E-state index contributed by atoms with van der Waals surface area (Å²) >= 11 is 7.02. The number of hydrogen-bond acceptors (Lipinski definition) is 1. The molecule has 76 valence electrons. The van der Waals surface area contributed by atoms with Crippen LogP contribution in [0.1, 0.15) is 19.8 Å². The van der Waals surface area contributed by atoms with Crippen molar-refractivity contribution in [3.8, 4) is 0 Å². The summed E-state index contributed by atoms with van der Waals surface area (Å²) in [6, 6.07) is 6.89. The molecule has 0 saturated heterocycles. The second-order valence-electron chi connectivity index (χ2n) is 4.04. The van der Waals surface area contributed by atoms with E-state index < -0.39 is 0 Å². The fraction of sp³-hybridized carbons (Fsp3) is 0.455. The number of rotatable bonds is 2. The average molecular weight is 319 g/mol. The molecule has 1 fully saturated rings. The van der Waals surface area contributed by atoms with Crippen molar-refractivity contribution >= 4 is 37.5 Å². The van der Waals surface area contributed by atoms with Gasteiger partial charge in [-0.1, -0.05) is 22.9 Å². The number of benzene rings is 1. The molecular formula is C11H13Br2N. The van der Waals surface area contributed by atoms with Crippen molar-refractivity contribution in [3.63, 3.8) is 0 Å². The van der Waals surface area contributed by atoms with E-state index in [4.69, 9.17) is 0 Å². The van der Waals surface area contributed by atoms with Crippen LogP contribution < -0.4 is 5.32 Å². The third kappa shape index (κ3) is 2.31. The predicted octanol–water partition coefficient (Wildman–Crippen LogP) is 4.42. The third-order valence-electron chi connectivity index (χ3n) is 2.66. The van der Waals surface area contributed by atoms with Gasteiger partial charge in [0.2, 0.25) is 0 Å². The molecule has 2 rings (SSSR count). The standard InChI is InChI=1S/C11H13Br2N/c1-7-4-9(5-7)14-11-6-8(12)2-3-10(11)13/h2-3,6-7,9,14H,4-5H2,1H3. The number of nitrogens with one attached hydrogen (secondary N) is 1. The maximum atomic E-state index is 3.54. The smallest absolute Gasteiger partial charge is 0.0498 e. The lowest BCUT2D eigenvalue weighted by Gasteiger charge is -2.34. The van der Waals surface area contributed by atoms with Crippen LogP contribution in [0.25, 0.3) is 0 Å². The lowest BCUT2D eigenvalue weighted by Crippen LogP contribution is -2.33. The van der Waals surface area contributed by atoms with Crippen molar-refractivity contribution in [3.05, 3.63) is 27.1 Å². The Bertz CT molecular complexity index is 332. The SMILES string of the molecule is CC1CC(Nc2cc(Br)ccc2Br)C1. The summed E-state index contributed by atoms with van der Waals surface area (Å²) in [6.07, 6.45) is 2.58. The molecule has 0 heterocycles. The third-order valence-corrected chi connectivity index (χ3v) is 3.85. The van der Waals surface area contributed by atoms with E-state index in [1.165, 1.54) is 18.5 Å². The van der Waals surface area contributed by atoms with Crippen LogP contribution in [0, 0.1) is 5.92 Å². The Hall–Kier alpha value is -0.0200. The van der Waals surface area contributed by atoms with E-state index in [2.05, 4.69) is 56.2 Å². The van der Waals surface area contributed by atoms with Gasteiger partial charge < -0.3 is 5.32 Å². The highest BCUT2D eigenvalue weighted by atomic mass is 79.9. The van der Waals surface area contributed by atoms with E-state index in [0.717, 1.165) is 14.9 Å². The Morgan fingerprint density at radius 2 is 2.00 bits per heavy atom. The van der Waals surface area contributed by atoms with E-state index >= 15 is 0 Å². The number of hydrogen-bond donors (Lipinski definition) is 1. The zero-order chi connectivity index (χ0) is 10.1. The molecule has 0 amide bonds. The summed E-state index contributed by atoms with van der Waals surface area (Å²) in [4.78, 5) is 0. The molecule has 0 bridgehead atoms. The summed E-state index contributed by atoms with van der Waals surface area (Å²) in [7, 11) is 0. The zero-order valence-corrected chi connectivity index (χ0v) is 11.2. The minimum atomic E-state index is 0.663. The van der Waals surface area contributed by atoms with E-state index in [-0.39, 0.29) is 0 Å². The van der Waals surface area contributed by atoms with Gasteiger partial charge in [-0.2, -0.15) is 0 Å². The van der Waals surface area contributed by atoms with Crippen LogP contribution in [0.2, 0.25) is 0 Å². The van der Waals surface area contributed by atoms with Gasteiger partial charge in [-0.15, -0.1) is 0 Å². The Morgan fingerprint density at radius 3 is 2.64 bits per heavy atom. The molecule has 1 aliphatic carbocycles. The van der Waals surface area contributed by atoms with Gasteiger partial charge >= 0.3 is 0 Å². The second-order valence-corrected chi connectivity index (χ2v) is 5.81. The molecule has 0 aromatic heterocycles. The van der Waals surface area contributed by atoms with Crippen molar-refractivity contribution in [2.75, 3.05) is 5.32 Å². The first-order valence-electron chi connectivity index (χ1n) is 4.87. The quantitative estimate of drug-likeness (QED) is 0.851. The molecule has 0 atom stereocenters. The predicted molar refractivity (Wildman–Crippen MR) is 67.7 cm³/mol. The fourth-order valence-corrected chi connectivity index (χ4v) is 2.57. The number of anilines is 1.